The minimum absolute atomic E-state index is 0.148. The van der Waals surface area contributed by atoms with Crippen molar-refractivity contribution in [3.63, 3.8) is 0 Å². The highest BCUT2D eigenvalue weighted by Crippen LogP contribution is 2.25. The van der Waals surface area contributed by atoms with Crippen molar-refractivity contribution in [2.75, 3.05) is 13.2 Å². The number of hydrogen-bond acceptors (Lipinski definition) is 4. The second-order valence-electron chi connectivity index (χ2n) is 6.78. The first kappa shape index (κ1) is 18.0. The van der Waals surface area contributed by atoms with Gasteiger partial charge in [0, 0.05) is 30.8 Å². The Balaban J connectivity index is 1.38. The number of aromatic nitrogens is 2. The topological polar surface area (TPSA) is 84.7 Å². The molecule has 0 spiro atoms. The molecule has 0 bridgehead atoms. The first-order chi connectivity index (χ1) is 13.7. The minimum atomic E-state index is -0.221. The molecule has 0 saturated carbocycles. The van der Waals surface area contributed by atoms with E-state index in [-0.39, 0.29) is 17.9 Å². The third-order valence-corrected chi connectivity index (χ3v) is 4.94. The third-order valence-electron chi connectivity index (χ3n) is 4.94. The molecular formula is C21H22N4O3. The number of benzene rings is 1. The molecule has 7 heteroatoms. The summed E-state index contributed by atoms with van der Waals surface area (Å²) in [6, 6.07) is 10.9. The molecular weight excluding hydrogens is 356 g/mol. The highest BCUT2D eigenvalue weighted by molar-refractivity contribution is 5.95. The summed E-state index contributed by atoms with van der Waals surface area (Å²) in [6.45, 7) is 2.98. The molecule has 1 aromatic carbocycles. The van der Waals surface area contributed by atoms with Crippen molar-refractivity contribution in [3.8, 4) is 5.75 Å². The van der Waals surface area contributed by atoms with Crippen LogP contribution in [0.15, 0.2) is 48.8 Å². The molecule has 0 radical (unpaired) electrons. The molecule has 1 aliphatic heterocycles. The van der Waals surface area contributed by atoms with Crippen LogP contribution in [0.1, 0.15) is 39.8 Å². The molecule has 144 valence electrons. The maximum atomic E-state index is 12.6. The van der Waals surface area contributed by atoms with E-state index in [4.69, 9.17) is 4.74 Å². The van der Waals surface area contributed by atoms with E-state index in [0.717, 1.165) is 17.7 Å². The van der Waals surface area contributed by atoms with E-state index >= 15 is 0 Å². The van der Waals surface area contributed by atoms with E-state index in [1.54, 1.807) is 22.9 Å². The van der Waals surface area contributed by atoms with Gasteiger partial charge in [-0.15, -0.1) is 0 Å². The number of imidazole rings is 1. The Hall–Kier alpha value is -3.35. The summed E-state index contributed by atoms with van der Waals surface area (Å²) in [6.07, 6.45) is 4.88. The van der Waals surface area contributed by atoms with Crippen molar-refractivity contribution in [1.29, 1.82) is 0 Å². The quantitative estimate of drug-likeness (QED) is 0.689. The average Bonchev–Trinajstić information content (AvgIpc) is 3.36. The molecule has 1 aliphatic rings. The van der Waals surface area contributed by atoms with E-state index in [0.29, 0.717) is 36.5 Å². The Bertz CT molecular complexity index is 1030. The number of carbonyl (C=O) groups excluding carboxylic acids is 2. The second kappa shape index (κ2) is 7.72. The van der Waals surface area contributed by atoms with E-state index < -0.39 is 0 Å². The van der Waals surface area contributed by atoms with Crippen LogP contribution in [-0.2, 0) is 6.42 Å². The van der Waals surface area contributed by atoms with Crippen LogP contribution in [0.3, 0.4) is 0 Å². The van der Waals surface area contributed by atoms with Crippen LogP contribution in [0, 0.1) is 0 Å². The van der Waals surface area contributed by atoms with Gasteiger partial charge in [-0.3, -0.25) is 14.0 Å². The van der Waals surface area contributed by atoms with Crippen molar-refractivity contribution < 1.29 is 14.3 Å². The third kappa shape index (κ3) is 3.55. The van der Waals surface area contributed by atoms with E-state index in [9.17, 15) is 9.59 Å². The summed E-state index contributed by atoms with van der Waals surface area (Å²) >= 11 is 0. The summed E-state index contributed by atoms with van der Waals surface area (Å²) in [5.41, 5.74) is 2.85. The Morgan fingerprint density at radius 2 is 2.14 bits per heavy atom. The van der Waals surface area contributed by atoms with Crippen molar-refractivity contribution in [1.82, 2.24) is 20.0 Å². The Morgan fingerprint density at radius 3 is 3.00 bits per heavy atom. The van der Waals surface area contributed by atoms with Gasteiger partial charge in [0.2, 0.25) is 0 Å². The number of hydrogen-bond donors (Lipinski definition) is 2. The highest BCUT2D eigenvalue weighted by Gasteiger charge is 2.18. The number of amides is 2. The first-order valence-corrected chi connectivity index (χ1v) is 9.42. The summed E-state index contributed by atoms with van der Waals surface area (Å²) in [4.78, 5) is 29.3. The van der Waals surface area contributed by atoms with Gasteiger partial charge in [-0.25, -0.2) is 4.98 Å². The number of nitrogens with one attached hydrogen (secondary N) is 2. The molecule has 0 fully saturated rings. The predicted octanol–water partition coefficient (Wildman–Crippen LogP) is 2.21. The number of fused-ring (bicyclic) bond motifs is 2. The fourth-order valence-corrected chi connectivity index (χ4v) is 3.30. The average molecular weight is 378 g/mol. The SMILES string of the molecule is CCC(CNC(=O)c1cnc2ccccn12)NC(=O)c1ccc2c(c1)CCO2. The molecule has 2 N–H and O–H groups in total. The van der Waals surface area contributed by atoms with Crippen LogP contribution in [0.5, 0.6) is 5.75 Å². The zero-order valence-corrected chi connectivity index (χ0v) is 15.6. The van der Waals surface area contributed by atoms with Gasteiger partial charge in [0.25, 0.3) is 11.8 Å². The molecule has 3 aromatic rings. The molecule has 1 unspecified atom stereocenters. The second-order valence-corrected chi connectivity index (χ2v) is 6.78. The van der Waals surface area contributed by atoms with Gasteiger partial charge < -0.3 is 15.4 Å². The summed E-state index contributed by atoms with van der Waals surface area (Å²) in [5, 5.41) is 5.89. The first-order valence-electron chi connectivity index (χ1n) is 9.42. The maximum absolute atomic E-state index is 12.6. The van der Waals surface area contributed by atoms with E-state index in [2.05, 4.69) is 15.6 Å². The van der Waals surface area contributed by atoms with Crippen molar-refractivity contribution in [2.45, 2.75) is 25.8 Å². The van der Waals surface area contributed by atoms with Crippen molar-refractivity contribution in [2.24, 2.45) is 0 Å². The number of pyridine rings is 1. The number of carbonyl (C=O) groups is 2. The smallest absolute Gasteiger partial charge is 0.269 e. The summed E-state index contributed by atoms with van der Waals surface area (Å²) in [7, 11) is 0. The Kier molecular flexibility index (Phi) is 4.97. The monoisotopic (exact) mass is 378 g/mol. The van der Waals surface area contributed by atoms with Crippen LogP contribution in [0.2, 0.25) is 0 Å². The Labute approximate surface area is 162 Å². The van der Waals surface area contributed by atoms with Crippen LogP contribution >= 0.6 is 0 Å². The van der Waals surface area contributed by atoms with Crippen LogP contribution in [-0.4, -0.2) is 40.4 Å². The van der Waals surface area contributed by atoms with Crippen molar-refractivity contribution >= 4 is 17.5 Å². The molecule has 7 nitrogen and oxygen atoms in total. The lowest BCUT2D eigenvalue weighted by Crippen LogP contribution is -2.43. The molecule has 0 saturated heterocycles. The zero-order valence-electron chi connectivity index (χ0n) is 15.6. The van der Waals surface area contributed by atoms with Crippen LogP contribution in [0.25, 0.3) is 5.65 Å². The van der Waals surface area contributed by atoms with Crippen LogP contribution < -0.4 is 15.4 Å². The van der Waals surface area contributed by atoms with Gasteiger partial charge in [0.1, 0.15) is 17.1 Å². The number of ether oxygens (including phenoxy) is 1. The fraction of sp³-hybridized carbons (Fsp3) is 0.286. The van der Waals surface area contributed by atoms with Crippen LogP contribution in [0.4, 0.5) is 0 Å². The molecule has 2 aromatic heterocycles. The van der Waals surface area contributed by atoms with Crippen molar-refractivity contribution in [3.05, 3.63) is 65.6 Å². The van der Waals surface area contributed by atoms with Gasteiger partial charge in [0.15, 0.2) is 0 Å². The predicted molar refractivity (Wildman–Crippen MR) is 105 cm³/mol. The molecule has 1 atom stereocenters. The Morgan fingerprint density at radius 1 is 1.25 bits per heavy atom. The van der Waals surface area contributed by atoms with Gasteiger partial charge in [-0.2, -0.15) is 0 Å². The molecule has 0 aliphatic carbocycles. The van der Waals surface area contributed by atoms with Gasteiger partial charge in [-0.1, -0.05) is 13.0 Å². The largest absolute Gasteiger partial charge is 0.493 e. The summed E-state index contributed by atoms with van der Waals surface area (Å²) < 4.78 is 7.22. The normalized spacial score (nSPS) is 13.6. The molecule has 28 heavy (non-hydrogen) atoms. The lowest BCUT2D eigenvalue weighted by Gasteiger charge is -2.18. The maximum Gasteiger partial charge on any atom is 0.269 e. The number of rotatable bonds is 6. The lowest BCUT2D eigenvalue weighted by molar-refractivity contribution is 0.0905. The standard InChI is InChI=1S/C21H22N4O3/c1-2-16(24-20(26)15-6-7-18-14(11-15)8-10-28-18)12-23-21(27)17-13-22-19-5-3-4-9-25(17)19/h3-7,9,11,13,16H,2,8,10,12H2,1H3,(H,23,27)(H,24,26). The highest BCUT2D eigenvalue weighted by atomic mass is 16.5. The van der Waals surface area contributed by atoms with Gasteiger partial charge in [-0.05, 0) is 42.3 Å². The molecule has 2 amide bonds. The number of nitrogens with zero attached hydrogens (tertiary/aromatic N) is 2. The van der Waals surface area contributed by atoms with E-state index in [1.165, 1.54) is 0 Å². The van der Waals surface area contributed by atoms with Gasteiger partial charge in [0.05, 0.1) is 12.8 Å². The zero-order chi connectivity index (χ0) is 19.5. The minimum Gasteiger partial charge on any atom is -0.493 e. The van der Waals surface area contributed by atoms with Gasteiger partial charge >= 0.3 is 0 Å². The molecule has 4 rings (SSSR count). The fourth-order valence-electron chi connectivity index (χ4n) is 3.30. The molecule has 3 heterocycles. The lowest BCUT2D eigenvalue weighted by atomic mass is 10.1. The summed E-state index contributed by atoms with van der Waals surface area (Å²) in [5.74, 6) is 0.482. The van der Waals surface area contributed by atoms with E-state index in [1.807, 2.05) is 37.3 Å².